The molecule has 0 radical (unpaired) electrons. The Kier molecular flexibility index (Phi) is 4.43. The van der Waals surface area contributed by atoms with Crippen molar-refractivity contribution in [3.05, 3.63) is 0 Å². The minimum atomic E-state index is 0.189. The molecule has 0 spiro atoms. The van der Waals surface area contributed by atoms with Crippen molar-refractivity contribution in [2.75, 3.05) is 13.1 Å². The molecule has 2 aliphatic rings. The lowest BCUT2D eigenvalue weighted by molar-refractivity contribution is -0.143. The van der Waals surface area contributed by atoms with E-state index in [1.807, 2.05) is 18.7 Å². The van der Waals surface area contributed by atoms with Gasteiger partial charge in [-0.1, -0.05) is 25.7 Å². The Labute approximate surface area is 105 Å². The van der Waals surface area contributed by atoms with Crippen LogP contribution in [0.4, 0.5) is 0 Å². The maximum absolute atomic E-state index is 12.1. The molecule has 1 amide bonds. The Bertz CT molecular complexity index is 251. The lowest BCUT2D eigenvalue weighted by Gasteiger charge is -2.35. The van der Waals surface area contributed by atoms with Gasteiger partial charge in [0.2, 0.25) is 5.91 Å². The van der Waals surface area contributed by atoms with Gasteiger partial charge >= 0.3 is 0 Å². The van der Waals surface area contributed by atoms with Crippen molar-refractivity contribution in [3.63, 3.8) is 0 Å². The SMILES string of the molecule is CC1CN(C(=O)CCC2CCCC2)CC(C)O1. The molecule has 17 heavy (non-hydrogen) atoms. The first-order valence-corrected chi connectivity index (χ1v) is 7.08. The summed E-state index contributed by atoms with van der Waals surface area (Å²) in [6.45, 7) is 5.64. The molecule has 2 rings (SSSR count). The predicted octanol–water partition coefficient (Wildman–Crippen LogP) is 2.59. The topological polar surface area (TPSA) is 29.5 Å². The highest BCUT2D eigenvalue weighted by Gasteiger charge is 2.26. The lowest BCUT2D eigenvalue weighted by atomic mass is 10.0. The normalized spacial score (nSPS) is 30.8. The molecule has 1 aliphatic carbocycles. The van der Waals surface area contributed by atoms with Gasteiger partial charge in [0.25, 0.3) is 0 Å². The van der Waals surface area contributed by atoms with E-state index in [-0.39, 0.29) is 12.2 Å². The molecule has 1 saturated heterocycles. The van der Waals surface area contributed by atoms with Crippen molar-refractivity contribution in [2.45, 2.75) is 64.6 Å². The molecule has 1 heterocycles. The van der Waals surface area contributed by atoms with Gasteiger partial charge in [-0.25, -0.2) is 0 Å². The van der Waals surface area contributed by atoms with Gasteiger partial charge in [-0.15, -0.1) is 0 Å². The number of hydrogen-bond donors (Lipinski definition) is 0. The third kappa shape index (κ3) is 3.70. The van der Waals surface area contributed by atoms with Crippen molar-refractivity contribution in [1.29, 1.82) is 0 Å². The summed E-state index contributed by atoms with van der Waals surface area (Å²) in [6, 6.07) is 0. The van der Waals surface area contributed by atoms with Crippen LogP contribution in [-0.4, -0.2) is 36.1 Å². The number of hydrogen-bond acceptors (Lipinski definition) is 2. The van der Waals surface area contributed by atoms with E-state index in [1.54, 1.807) is 0 Å². The quantitative estimate of drug-likeness (QED) is 0.757. The number of carbonyl (C=O) groups is 1. The molecular weight excluding hydrogens is 214 g/mol. The maximum atomic E-state index is 12.1. The number of rotatable bonds is 3. The molecule has 1 saturated carbocycles. The summed E-state index contributed by atoms with van der Waals surface area (Å²) in [6.07, 6.45) is 7.62. The molecule has 0 aromatic rings. The zero-order valence-electron chi connectivity index (χ0n) is 11.2. The first kappa shape index (κ1) is 12.9. The smallest absolute Gasteiger partial charge is 0.222 e. The molecule has 2 fully saturated rings. The number of morpholine rings is 1. The van der Waals surface area contributed by atoms with Crippen LogP contribution in [0.2, 0.25) is 0 Å². The van der Waals surface area contributed by atoms with Gasteiger partial charge < -0.3 is 9.64 Å². The Morgan fingerprint density at radius 2 is 1.76 bits per heavy atom. The average molecular weight is 239 g/mol. The third-order valence-electron chi connectivity index (χ3n) is 4.01. The number of nitrogens with zero attached hydrogens (tertiary/aromatic N) is 1. The summed E-state index contributed by atoms with van der Waals surface area (Å²) in [5.41, 5.74) is 0. The molecule has 2 atom stereocenters. The molecule has 0 aromatic heterocycles. The fourth-order valence-corrected chi connectivity index (χ4v) is 3.17. The zero-order valence-corrected chi connectivity index (χ0v) is 11.2. The predicted molar refractivity (Wildman–Crippen MR) is 67.8 cm³/mol. The van der Waals surface area contributed by atoms with Crippen molar-refractivity contribution in [3.8, 4) is 0 Å². The fourth-order valence-electron chi connectivity index (χ4n) is 3.17. The Balaban J connectivity index is 1.74. The monoisotopic (exact) mass is 239 g/mol. The maximum Gasteiger partial charge on any atom is 0.222 e. The second kappa shape index (κ2) is 5.85. The standard InChI is InChI=1S/C14H25NO2/c1-11-9-15(10-12(2)17-11)14(16)8-7-13-5-3-4-6-13/h11-13H,3-10H2,1-2H3. The molecule has 3 nitrogen and oxygen atoms in total. The summed E-state index contributed by atoms with van der Waals surface area (Å²) >= 11 is 0. The highest BCUT2D eigenvalue weighted by Crippen LogP contribution is 2.28. The molecule has 0 bridgehead atoms. The summed E-state index contributed by atoms with van der Waals surface area (Å²) in [5.74, 6) is 1.15. The molecule has 98 valence electrons. The van der Waals surface area contributed by atoms with Gasteiger partial charge in [-0.05, 0) is 26.2 Å². The van der Waals surface area contributed by atoms with Gasteiger partial charge in [0, 0.05) is 19.5 Å². The highest BCUT2D eigenvalue weighted by atomic mass is 16.5. The average Bonchev–Trinajstić information content (AvgIpc) is 2.77. The molecule has 3 heteroatoms. The van der Waals surface area contributed by atoms with Crippen LogP contribution in [0.1, 0.15) is 52.4 Å². The summed E-state index contributed by atoms with van der Waals surface area (Å²) in [7, 11) is 0. The van der Waals surface area contributed by atoms with Crippen LogP contribution in [0.3, 0.4) is 0 Å². The van der Waals surface area contributed by atoms with Gasteiger partial charge in [-0.2, -0.15) is 0 Å². The molecular formula is C14H25NO2. The van der Waals surface area contributed by atoms with E-state index in [0.717, 1.165) is 31.8 Å². The van der Waals surface area contributed by atoms with Crippen molar-refractivity contribution in [2.24, 2.45) is 5.92 Å². The van der Waals surface area contributed by atoms with Crippen LogP contribution in [0.15, 0.2) is 0 Å². The van der Waals surface area contributed by atoms with Crippen molar-refractivity contribution < 1.29 is 9.53 Å². The summed E-state index contributed by atoms with van der Waals surface area (Å²) in [5, 5.41) is 0. The van der Waals surface area contributed by atoms with Gasteiger partial charge in [0.1, 0.15) is 0 Å². The van der Waals surface area contributed by atoms with Gasteiger partial charge in [-0.3, -0.25) is 4.79 Å². The Morgan fingerprint density at radius 1 is 1.18 bits per heavy atom. The van der Waals surface area contributed by atoms with E-state index < -0.39 is 0 Å². The van der Waals surface area contributed by atoms with Crippen LogP contribution >= 0.6 is 0 Å². The second-order valence-electron chi connectivity index (χ2n) is 5.75. The lowest BCUT2D eigenvalue weighted by Crippen LogP contribution is -2.48. The second-order valence-corrected chi connectivity index (χ2v) is 5.75. The first-order valence-electron chi connectivity index (χ1n) is 7.08. The Morgan fingerprint density at radius 3 is 2.35 bits per heavy atom. The minimum absolute atomic E-state index is 0.189. The third-order valence-corrected chi connectivity index (χ3v) is 4.01. The van der Waals surface area contributed by atoms with Gasteiger partial charge in [0.05, 0.1) is 12.2 Å². The summed E-state index contributed by atoms with van der Waals surface area (Å²) in [4.78, 5) is 14.1. The van der Waals surface area contributed by atoms with Crippen LogP contribution in [0.25, 0.3) is 0 Å². The number of ether oxygens (including phenoxy) is 1. The largest absolute Gasteiger partial charge is 0.372 e. The zero-order chi connectivity index (χ0) is 12.3. The van der Waals surface area contributed by atoms with Crippen LogP contribution in [0.5, 0.6) is 0 Å². The van der Waals surface area contributed by atoms with E-state index in [0.29, 0.717) is 5.91 Å². The Hall–Kier alpha value is -0.570. The van der Waals surface area contributed by atoms with Crippen molar-refractivity contribution in [1.82, 2.24) is 4.90 Å². The van der Waals surface area contributed by atoms with Crippen LogP contribution in [0, 0.1) is 5.92 Å². The number of carbonyl (C=O) groups excluding carboxylic acids is 1. The van der Waals surface area contributed by atoms with E-state index in [4.69, 9.17) is 4.74 Å². The summed E-state index contributed by atoms with van der Waals surface area (Å²) < 4.78 is 5.65. The van der Waals surface area contributed by atoms with E-state index in [9.17, 15) is 4.79 Å². The van der Waals surface area contributed by atoms with Crippen LogP contribution < -0.4 is 0 Å². The molecule has 0 N–H and O–H groups in total. The molecule has 1 aliphatic heterocycles. The van der Waals surface area contributed by atoms with Crippen molar-refractivity contribution >= 4 is 5.91 Å². The van der Waals surface area contributed by atoms with E-state index >= 15 is 0 Å². The number of amides is 1. The van der Waals surface area contributed by atoms with E-state index in [1.165, 1.54) is 25.7 Å². The van der Waals surface area contributed by atoms with E-state index in [2.05, 4.69) is 0 Å². The molecule has 0 aromatic carbocycles. The van der Waals surface area contributed by atoms with Crippen LogP contribution in [-0.2, 0) is 9.53 Å². The van der Waals surface area contributed by atoms with Gasteiger partial charge in [0.15, 0.2) is 0 Å². The molecule has 2 unspecified atom stereocenters. The fraction of sp³-hybridized carbons (Fsp3) is 0.929. The highest BCUT2D eigenvalue weighted by molar-refractivity contribution is 5.76. The minimum Gasteiger partial charge on any atom is -0.372 e. The first-order chi connectivity index (χ1) is 8.15.